The Morgan fingerprint density at radius 1 is 1.15 bits per heavy atom. The molecular weight excluding hydrogens is 459 g/mol. The van der Waals surface area contributed by atoms with E-state index >= 15 is 0 Å². The van der Waals surface area contributed by atoms with Gasteiger partial charge in [0.2, 0.25) is 11.7 Å². The van der Waals surface area contributed by atoms with E-state index in [1.807, 2.05) is 25.1 Å². The maximum Gasteiger partial charge on any atom is 0.316 e. The van der Waals surface area contributed by atoms with E-state index in [4.69, 9.17) is 16.3 Å². The van der Waals surface area contributed by atoms with Gasteiger partial charge in [0.05, 0.1) is 24.9 Å². The zero-order valence-electron chi connectivity index (χ0n) is 18.8. The van der Waals surface area contributed by atoms with E-state index in [9.17, 15) is 14.0 Å². The number of benzene rings is 2. The summed E-state index contributed by atoms with van der Waals surface area (Å²) >= 11 is 5.94. The molecule has 0 atom stereocenters. The van der Waals surface area contributed by atoms with Gasteiger partial charge < -0.3 is 19.2 Å². The highest BCUT2D eigenvalue weighted by Crippen LogP contribution is 2.26. The number of methoxy groups -OCH3 is 1. The van der Waals surface area contributed by atoms with Crippen LogP contribution in [0.5, 0.6) is 5.75 Å². The first-order chi connectivity index (χ1) is 16.3. The number of nitrogens with zero attached hydrogens (tertiary/aromatic N) is 3. The van der Waals surface area contributed by atoms with Crippen LogP contribution in [0.15, 0.2) is 70.5 Å². The van der Waals surface area contributed by atoms with E-state index in [2.05, 4.69) is 10.3 Å². The molecule has 0 saturated heterocycles. The summed E-state index contributed by atoms with van der Waals surface area (Å²) in [4.78, 5) is 29.1. The number of halogens is 2. The van der Waals surface area contributed by atoms with Crippen molar-refractivity contribution in [3.63, 3.8) is 0 Å². The number of pyridine rings is 1. The number of rotatable bonds is 6. The molecule has 0 aliphatic rings. The van der Waals surface area contributed by atoms with Gasteiger partial charge in [-0.25, -0.2) is 4.39 Å². The first-order valence-electron chi connectivity index (χ1n) is 10.4. The molecule has 4 aromatic rings. The summed E-state index contributed by atoms with van der Waals surface area (Å²) in [5.41, 5.74) is 2.88. The predicted octanol–water partition coefficient (Wildman–Crippen LogP) is 4.51. The monoisotopic (exact) mass is 480 g/mol. The van der Waals surface area contributed by atoms with Crippen LogP contribution >= 0.6 is 11.6 Å². The predicted molar refractivity (Wildman–Crippen MR) is 131 cm³/mol. The zero-order chi connectivity index (χ0) is 24.4. The van der Waals surface area contributed by atoms with Crippen molar-refractivity contribution >= 4 is 23.2 Å². The first kappa shape index (κ1) is 23.3. The lowest BCUT2D eigenvalue weighted by Crippen LogP contribution is -2.19. The van der Waals surface area contributed by atoms with Crippen LogP contribution in [-0.2, 0) is 13.6 Å². The first-order valence-corrected chi connectivity index (χ1v) is 10.8. The zero-order valence-corrected chi connectivity index (χ0v) is 19.6. The highest BCUT2D eigenvalue weighted by molar-refractivity contribution is 6.30. The molecule has 2 aromatic carbocycles. The van der Waals surface area contributed by atoms with E-state index in [1.54, 1.807) is 36.0 Å². The van der Waals surface area contributed by atoms with Gasteiger partial charge in [-0.05, 0) is 53.9 Å². The Balaban J connectivity index is 1.77. The Morgan fingerprint density at radius 3 is 2.68 bits per heavy atom. The number of aryl methyl sites for hydroxylation is 2. The molecule has 0 spiro atoms. The van der Waals surface area contributed by atoms with Crippen molar-refractivity contribution in [3.05, 3.63) is 104 Å². The van der Waals surface area contributed by atoms with Crippen molar-refractivity contribution < 1.29 is 9.13 Å². The van der Waals surface area contributed by atoms with Crippen LogP contribution in [0, 0.1) is 12.7 Å². The minimum Gasteiger partial charge on any atom is -0.490 e. The maximum absolute atomic E-state index is 13.6. The number of hydrogen-bond acceptors (Lipinski definition) is 5. The highest BCUT2D eigenvalue weighted by Gasteiger charge is 2.13. The Kier molecular flexibility index (Phi) is 6.51. The van der Waals surface area contributed by atoms with Gasteiger partial charge in [-0.2, -0.15) is 4.98 Å². The number of anilines is 2. The van der Waals surface area contributed by atoms with Crippen molar-refractivity contribution in [2.75, 3.05) is 12.4 Å². The van der Waals surface area contributed by atoms with Crippen molar-refractivity contribution in [2.45, 2.75) is 13.5 Å². The second kappa shape index (κ2) is 9.52. The quantitative estimate of drug-likeness (QED) is 0.439. The molecule has 7 nitrogen and oxygen atoms in total. The topological polar surface area (TPSA) is 78.2 Å². The van der Waals surface area contributed by atoms with E-state index in [1.165, 1.54) is 30.0 Å². The maximum atomic E-state index is 13.6. The van der Waals surface area contributed by atoms with Crippen LogP contribution in [0.25, 0.3) is 11.1 Å². The van der Waals surface area contributed by atoms with E-state index in [-0.39, 0.29) is 28.8 Å². The molecule has 0 fully saturated rings. The molecule has 0 bridgehead atoms. The third-order valence-corrected chi connectivity index (χ3v) is 5.73. The van der Waals surface area contributed by atoms with Crippen LogP contribution in [0.1, 0.15) is 11.1 Å². The van der Waals surface area contributed by atoms with Crippen LogP contribution in [0.2, 0.25) is 5.02 Å². The average Bonchev–Trinajstić information content (AvgIpc) is 2.81. The summed E-state index contributed by atoms with van der Waals surface area (Å²) in [6.07, 6.45) is 3.22. The summed E-state index contributed by atoms with van der Waals surface area (Å²) in [6.45, 7) is 2.16. The third kappa shape index (κ3) is 4.72. The Morgan fingerprint density at radius 2 is 1.94 bits per heavy atom. The molecule has 2 heterocycles. The molecule has 0 radical (unpaired) electrons. The number of nitrogens with one attached hydrogen (secondary N) is 1. The molecule has 0 saturated carbocycles. The van der Waals surface area contributed by atoms with Crippen LogP contribution in [0.4, 0.5) is 16.0 Å². The molecule has 9 heteroatoms. The minimum atomic E-state index is -0.538. The Bertz CT molecular complexity index is 1500. The van der Waals surface area contributed by atoms with Crippen molar-refractivity contribution in [2.24, 2.45) is 7.05 Å². The van der Waals surface area contributed by atoms with E-state index < -0.39 is 11.4 Å². The summed E-state index contributed by atoms with van der Waals surface area (Å²) in [6, 6.07) is 13.6. The second-order valence-electron chi connectivity index (χ2n) is 7.81. The summed E-state index contributed by atoms with van der Waals surface area (Å²) in [5, 5.41) is 3.20. The van der Waals surface area contributed by atoms with Gasteiger partial charge in [0.15, 0.2) is 0 Å². The van der Waals surface area contributed by atoms with Gasteiger partial charge in [-0.15, -0.1) is 0 Å². The molecule has 0 aliphatic carbocycles. The number of hydrogen-bond donors (Lipinski definition) is 1. The standard InChI is InChI=1S/C25H22ClFN4O3/c1-15-6-8-17(18-5-4-10-30(2)24(18)33)12-21(15)28-25-29-23(32)22(34-3)14-31(25)13-16-7-9-20(27)19(26)11-16/h4-12,14H,13H2,1-3H3,(H,28,29,32). The Hall–Kier alpha value is -3.91. The van der Waals surface area contributed by atoms with Crippen molar-refractivity contribution in [1.29, 1.82) is 0 Å². The van der Waals surface area contributed by atoms with Gasteiger partial charge in [0.1, 0.15) is 5.82 Å². The van der Waals surface area contributed by atoms with Gasteiger partial charge in [-0.3, -0.25) is 9.59 Å². The highest BCUT2D eigenvalue weighted by atomic mass is 35.5. The molecule has 0 unspecified atom stereocenters. The molecule has 34 heavy (non-hydrogen) atoms. The number of aromatic nitrogens is 3. The van der Waals surface area contributed by atoms with Crippen molar-refractivity contribution in [1.82, 2.24) is 14.1 Å². The molecule has 4 rings (SSSR count). The van der Waals surface area contributed by atoms with Crippen molar-refractivity contribution in [3.8, 4) is 16.9 Å². The molecule has 0 amide bonds. The van der Waals surface area contributed by atoms with E-state index in [0.717, 1.165) is 11.1 Å². The van der Waals surface area contributed by atoms with Gasteiger partial charge in [0.25, 0.3) is 5.56 Å². The lowest BCUT2D eigenvalue weighted by Gasteiger charge is -2.17. The SMILES string of the molecule is COc1cn(Cc2ccc(F)c(Cl)c2)c(Nc2cc(-c3cccn(C)c3=O)ccc2C)nc1=O. The smallest absolute Gasteiger partial charge is 0.316 e. The average molecular weight is 481 g/mol. The molecular formula is C25H22ClFN4O3. The second-order valence-corrected chi connectivity index (χ2v) is 8.21. The van der Waals surface area contributed by atoms with Crippen LogP contribution < -0.4 is 21.2 Å². The lowest BCUT2D eigenvalue weighted by molar-refractivity contribution is 0.402. The molecule has 2 aromatic heterocycles. The fourth-order valence-electron chi connectivity index (χ4n) is 3.53. The largest absolute Gasteiger partial charge is 0.490 e. The summed E-state index contributed by atoms with van der Waals surface area (Å²) in [5.74, 6) is -0.191. The van der Waals surface area contributed by atoms with E-state index in [0.29, 0.717) is 16.8 Å². The minimum absolute atomic E-state index is 0.000894. The third-order valence-electron chi connectivity index (χ3n) is 5.44. The summed E-state index contributed by atoms with van der Waals surface area (Å²) in [7, 11) is 3.08. The molecule has 174 valence electrons. The normalized spacial score (nSPS) is 10.9. The fraction of sp³-hybridized carbons (Fsp3) is 0.160. The lowest BCUT2D eigenvalue weighted by atomic mass is 10.0. The number of ether oxygens (including phenoxy) is 1. The Labute approximate surface area is 200 Å². The molecule has 0 aliphatic heterocycles. The van der Waals surface area contributed by atoms with Gasteiger partial charge in [0, 0.05) is 24.5 Å². The van der Waals surface area contributed by atoms with Crippen LogP contribution in [0.3, 0.4) is 0 Å². The molecule has 1 N–H and O–H groups in total. The van der Waals surface area contributed by atoms with Gasteiger partial charge >= 0.3 is 5.56 Å². The fourth-order valence-corrected chi connectivity index (χ4v) is 3.73. The summed E-state index contributed by atoms with van der Waals surface area (Å²) < 4.78 is 21.9. The van der Waals surface area contributed by atoms with Gasteiger partial charge in [-0.1, -0.05) is 29.8 Å². The van der Waals surface area contributed by atoms with Crippen LogP contribution in [-0.4, -0.2) is 21.2 Å².